The second kappa shape index (κ2) is 6.68. The molecule has 17 heavy (non-hydrogen) atoms. The van der Waals surface area contributed by atoms with Crippen molar-refractivity contribution in [2.24, 2.45) is 0 Å². The Bertz CT molecular complexity index is 449. The molecule has 0 aliphatic rings. The van der Waals surface area contributed by atoms with Gasteiger partial charge in [-0.05, 0) is 25.1 Å². The predicted octanol–water partition coefficient (Wildman–Crippen LogP) is 1.10. The fourth-order valence-corrected chi connectivity index (χ4v) is 2.42. The first-order valence-electron chi connectivity index (χ1n) is 5.53. The fourth-order valence-electron chi connectivity index (χ4n) is 1.32. The van der Waals surface area contributed by atoms with Crippen molar-refractivity contribution >= 4 is 10.0 Å². The molecule has 0 radical (unpaired) electrons. The van der Waals surface area contributed by atoms with E-state index in [1.165, 1.54) is 18.2 Å². The van der Waals surface area contributed by atoms with Crippen LogP contribution in [0, 0.1) is 5.82 Å². The van der Waals surface area contributed by atoms with Gasteiger partial charge < -0.3 is 5.32 Å². The summed E-state index contributed by atoms with van der Waals surface area (Å²) >= 11 is 0. The number of sulfonamides is 1. The van der Waals surface area contributed by atoms with Gasteiger partial charge in [0.1, 0.15) is 10.7 Å². The van der Waals surface area contributed by atoms with E-state index in [1.807, 2.05) is 6.92 Å². The van der Waals surface area contributed by atoms with Crippen LogP contribution in [0.25, 0.3) is 0 Å². The third kappa shape index (κ3) is 4.41. The third-order valence-corrected chi connectivity index (χ3v) is 3.64. The molecule has 0 aromatic heterocycles. The number of benzene rings is 1. The van der Waals surface area contributed by atoms with Crippen LogP contribution in [0.3, 0.4) is 0 Å². The van der Waals surface area contributed by atoms with Crippen molar-refractivity contribution in [1.29, 1.82) is 0 Å². The molecule has 0 saturated carbocycles. The Balaban J connectivity index is 2.55. The lowest BCUT2D eigenvalue weighted by atomic mass is 10.4. The van der Waals surface area contributed by atoms with Gasteiger partial charge in [0, 0.05) is 13.1 Å². The van der Waals surface area contributed by atoms with E-state index in [0.717, 1.165) is 19.0 Å². The Morgan fingerprint density at radius 2 is 1.88 bits per heavy atom. The summed E-state index contributed by atoms with van der Waals surface area (Å²) in [5, 5.41) is 3.05. The predicted molar refractivity (Wildman–Crippen MR) is 64.7 cm³/mol. The van der Waals surface area contributed by atoms with Crippen molar-refractivity contribution in [3.05, 3.63) is 30.1 Å². The van der Waals surface area contributed by atoms with Crippen molar-refractivity contribution in [1.82, 2.24) is 10.0 Å². The van der Waals surface area contributed by atoms with Crippen molar-refractivity contribution < 1.29 is 12.8 Å². The molecule has 0 saturated heterocycles. The van der Waals surface area contributed by atoms with Gasteiger partial charge in [0.15, 0.2) is 0 Å². The highest BCUT2D eigenvalue weighted by atomic mass is 32.2. The van der Waals surface area contributed by atoms with E-state index in [1.54, 1.807) is 0 Å². The molecule has 0 unspecified atom stereocenters. The topological polar surface area (TPSA) is 58.2 Å². The second-order valence-corrected chi connectivity index (χ2v) is 5.31. The number of rotatable bonds is 7. The lowest BCUT2D eigenvalue weighted by Gasteiger charge is -2.07. The summed E-state index contributed by atoms with van der Waals surface area (Å²) in [7, 11) is -3.74. The van der Waals surface area contributed by atoms with E-state index < -0.39 is 15.8 Å². The molecule has 0 amide bonds. The van der Waals surface area contributed by atoms with Crippen LogP contribution >= 0.6 is 0 Å². The van der Waals surface area contributed by atoms with Crippen molar-refractivity contribution in [3.63, 3.8) is 0 Å². The Hall–Kier alpha value is -0.980. The summed E-state index contributed by atoms with van der Waals surface area (Å²) in [6.45, 7) is 3.64. The first-order valence-corrected chi connectivity index (χ1v) is 7.01. The fraction of sp³-hybridized carbons (Fsp3) is 0.455. The van der Waals surface area contributed by atoms with Gasteiger partial charge in [-0.3, -0.25) is 0 Å². The van der Waals surface area contributed by atoms with Crippen LogP contribution in [0.4, 0.5) is 4.39 Å². The van der Waals surface area contributed by atoms with Gasteiger partial charge in [-0.25, -0.2) is 17.5 Å². The van der Waals surface area contributed by atoms with Gasteiger partial charge in [0.25, 0.3) is 0 Å². The summed E-state index contributed by atoms with van der Waals surface area (Å²) < 4.78 is 39.0. The molecule has 0 spiro atoms. The minimum absolute atomic E-state index is 0.247. The standard InChI is InChI=1S/C11H17FN2O2S/c1-2-7-13-8-9-14-17(15,16)11-6-4-3-5-10(11)12/h3-6,13-14H,2,7-9H2,1H3. The minimum atomic E-state index is -3.74. The zero-order valence-electron chi connectivity index (χ0n) is 9.74. The second-order valence-electron chi connectivity index (χ2n) is 3.58. The molecule has 0 atom stereocenters. The van der Waals surface area contributed by atoms with Crippen molar-refractivity contribution in [2.45, 2.75) is 18.2 Å². The first-order chi connectivity index (χ1) is 8.08. The summed E-state index contributed by atoms with van der Waals surface area (Å²) in [6.07, 6.45) is 0.986. The molecule has 96 valence electrons. The molecule has 0 fully saturated rings. The molecule has 0 aliphatic carbocycles. The Kier molecular flexibility index (Phi) is 5.54. The van der Waals surface area contributed by atoms with E-state index in [9.17, 15) is 12.8 Å². The zero-order chi connectivity index (χ0) is 12.7. The molecule has 0 aliphatic heterocycles. The Labute approximate surface area is 101 Å². The van der Waals surface area contributed by atoms with Gasteiger partial charge in [-0.1, -0.05) is 19.1 Å². The summed E-state index contributed by atoms with van der Waals surface area (Å²) in [4.78, 5) is -0.310. The summed E-state index contributed by atoms with van der Waals surface area (Å²) in [5.74, 6) is -0.735. The van der Waals surface area contributed by atoms with E-state index in [0.29, 0.717) is 6.54 Å². The minimum Gasteiger partial charge on any atom is -0.315 e. The van der Waals surface area contributed by atoms with Gasteiger partial charge in [-0.2, -0.15) is 0 Å². The Morgan fingerprint density at radius 3 is 2.53 bits per heavy atom. The van der Waals surface area contributed by atoms with Crippen LogP contribution in [0.15, 0.2) is 29.2 Å². The molecule has 1 aromatic rings. The highest BCUT2D eigenvalue weighted by Crippen LogP contribution is 2.12. The van der Waals surface area contributed by atoms with Crippen LogP contribution in [0.1, 0.15) is 13.3 Å². The number of hydrogen-bond acceptors (Lipinski definition) is 3. The summed E-state index contributed by atoms with van der Waals surface area (Å²) in [6, 6.07) is 5.32. The normalized spacial score (nSPS) is 11.6. The molecule has 6 heteroatoms. The lowest BCUT2D eigenvalue weighted by Crippen LogP contribution is -2.32. The molecular formula is C11H17FN2O2S. The highest BCUT2D eigenvalue weighted by molar-refractivity contribution is 7.89. The zero-order valence-corrected chi connectivity index (χ0v) is 10.6. The van der Waals surface area contributed by atoms with Gasteiger partial charge in [0.05, 0.1) is 0 Å². The average molecular weight is 260 g/mol. The number of hydrogen-bond donors (Lipinski definition) is 2. The quantitative estimate of drug-likeness (QED) is 0.722. The van der Waals surface area contributed by atoms with Crippen LogP contribution in [0.5, 0.6) is 0 Å². The molecule has 0 heterocycles. The van der Waals surface area contributed by atoms with Crippen molar-refractivity contribution in [3.8, 4) is 0 Å². The van der Waals surface area contributed by atoms with Crippen LogP contribution in [0.2, 0.25) is 0 Å². The SMILES string of the molecule is CCCNCCNS(=O)(=O)c1ccccc1F. The monoisotopic (exact) mass is 260 g/mol. The molecule has 2 N–H and O–H groups in total. The van der Waals surface area contributed by atoms with E-state index in [-0.39, 0.29) is 11.4 Å². The molecule has 1 aromatic carbocycles. The highest BCUT2D eigenvalue weighted by Gasteiger charge is 2.17. The van der Waals surface area contributed by atoms with Crippen LogP contribution < -0.4 is 10.0 Å². The molecular weight excluding hydrogens is 243 g/mol. The van der Waals surface area contributed by atoms with E-state index in [4.69, 9.17) is 0 Å². The Morgan fingerprint density at radius 1 is 1.18 bits per heavy atom. The largest absolute Gasteiger partial charge is 0.315 e. The van der Waals surface area contributed by atoms with E-state index in [2.05, 4.69) is 10.0 Å². The lowest BCUT2D eigenvalue weighted by molar-refractivity contribution is 0.554. The van der Waals surface area contributed by atoms with Gasteiger partial charge in [0.2, 0.25) is 10.0 Å². The molecule has 1 rings (SSSR count). The number of nitrogens with one attached hydrogen (secondary N) is 2. The third-order valence-electron chi connectivity index (χ3n) is 2.15. The van der Waals surface area contributed by atoms with E-state index >= 15 is 0 Å². The maximum Gasteiger partial charge on any atom is 0.243 e. The maximum absolute atomic E-state index is 13.3. The number of halogens is 1. The molecule has 0 bridgehead atoms. The van der Waals surface area contributed by atoms with Gasteiger partial charge in [-0.15, -0.1) is 0 Å². The average Bonchev–Trinajstić information content (AvgIpc) is 2.29. The van der Waals surface area contributed by atoms with Crippen LogP contribution in [-0.4, -0.2) is 28.1 Å². The first kappa shape index (κ1) is 14.1. The van der Waals surface area contributed by atoms with Crippen LogP contribution in [-0.2, 0) is 10.0 Å². The smallest absolute Gasteiger partial charge is 0.243 e. The summed E-state index contributed by atoms with van der Waals surface area (Å²) in [5.41, 5.74) is 0. The molecule has 4 nitrogen and oxygen atoms in total. The van der Waals surface area contributed by atoms with Gasteiger partial charge >= 0.3 is 0 Å². The van der Waals surface area contributed by atoms with Crippen molar-refractivity contribution in [2.75, 3.05) is 19.6 Å². The maximum atomic E-state index is 13.3.